The fraction of sp³-hybridized carbons (Fsp3) is 0.571. The highest BCUT2D eigenvalue weighted by Crippen LogP contribution is 2.17. The van der Waals surface area contributed by atoms with Crippen LogP contribution in [-0.4, -0.2) is 56.2 Å². The van der Waals surface area contributed by atoms with Crippen LogP contribution in [0.2, 0.25) is 0 Å². The lowest BCUT2D eigenvalue weighted by molar-refractivity contribution is 0.190. The molecule has 0 aromatic heterocycles. The van der Waals surface area contributed by atoms with Gasteiger partial charge in [0.25, 0.3) is 0 Å². The minimum atomic E-state index is -0.160. The molecule has 0 aromatic rings. The van der Waals surface area contributed by atoms with Gasteiger partial charge in [0.05, 0.1) is 12.4 Å². The van der Waals surface area contributed by atoms with Crippen LogP contribution in [0.4, 0.5) is 4.39 Å². The average Bonchev–Trinajstić information content (AvgIpc) is 3.18. The highest BCUT2D eigenvalue weighted by atomic mass is 19.1. The molecule has 1 aliphatic rings. The van der Waals surface area contributed by atoms with Crippen LogP contribution in [0.3, 0.4) is 0 Å². The molecular weight excluding hydrogens is 413 g/mol. The number of ether oxygens (including phenoxy) is 1. The maximum atomic E-state index is 13.6. The molecule has 1 aliphatic heterocycles. The third-order valence-electron chi connectivity index (χ3n) is 5.38. The van der Waals surface area contributed by atoms with E-state index in [1.54, 1.807) is 18.2 Å². The van der Waals surface area contributed by atoms with Crippen molar-refractivity contribution in [3.63, 3.8) is 0 Å². The second-order valence-electron chi connectivity index (χ2n) is 9.13. The second-order valence-corrected chi connectivity index (χ2v) is 9.13. The van der Waals surface area contributed by atoms with E-state index in [1.165, 1.54) is 6.42 Å². The van der Waals surface area contributed by atoms with Crippen molar-refractivity contribution in [3.8, 4) is 0 Å². The summed E-state index contributed by atoms with van der Waals surface area (Å²) in [4.78, 5) is 4.69. The van der Waals surface area contributed by atoms with Crippen molar-refractivity contribution in [2.75, 3.05) is 46.4 Å². The SMILES string of the molecule is C=C/C=C(\C=C/CCNC(=C)N(CC/C=C\C(F)=C/CC)C[C@H]1CCN(C)C1)OCC(C)C. The zero-order valence-corrected chi connectivity index (χ0v) is 21.4. The number of rotatable bonds is 17. The number of halogens is 1. The Morgan fingerprint density at radius 3 is 2.67 bits per heavy atom. The van der Waals surface area contributed by atoms with Crippen molar-refractivity contribution in [1.82, 2.24) is 15.1 Å². The van der Waals surface area contributed by atoms with E-state index in [-0.39, 0.29) is 5.83 Å². The van der Waals surface area contributed by atoms with Crippen LogP contribution in [-0.2, 0) is 4.74 Å². The van der Waals surface area contributed by atoms with E-state index >= 15 is 0 Å². The molecule has 0 amide bonds. The fourth-order valence-electron chi connectivity index (χ4n) is 3.65. The number of hydrogen-bond acceptors (Lipinski definition) is 4. The van der Waals surface area contributed by atoms with Crippen LogP contribution in [0.1, 0.15) is 46.5 Å². The average molecular weight is 460 g/mol. The minimum absolute atomic E-state index is 0.160. The molecule has 0 aromatic carbocycles. The summed E-state index contributed by atoms with van der Waals surface area (Å²) in [5.74, 6) is 2.73. The summed E-state index contributed by atoms with van der Waals surface area (Å²) in [7, 11) is 2.18. The number of allylic oxidation sites excluding steroid dienone is 6. The van der Waals surface area contributed by atoms with Crippen molar-refractivity contribution >= 4 is 0 Å². The normalized spacial score (nSPS) is 17.9. The molecule has 1 fully saturated rings. The molecule has 0 saturated carbocycles. The van der Waals surface area contributed by atoms with E-state index in [2.05, 4.69) is 55.2 Å². The molecule has 4 nitrogen and oxygen atoms in total. The molecule has 1 saturated heterocycles. The zero-order chi connectivity index (χ0) is 24.5. The molecule has 33 heavy (non-hydrogen) atoms. The van der Waals surface area contributed by atoms with Gasteiger partial charge in [-0.05, 0) is 75.4 Å². The fourth-order valence-corrected chi connectivity index (χ4v) is 3.65. The number of likely N-dealkylation sites (tertiary alicyclic amines) is 1. The van der Waals surface area contributed by atoms with E-state index in [9.17, 15) is 4.39 Å². The van der Waals surface area contributed by atoms with Gasteiger partial charge in [-0.1, -0.05) is 52.2 Å². The molecule has 1 N–H and O–H groups in total. The second kappa shape index (κ2) is 17.2. The van der Waals surface area contributed by atoms with Gasteiger partial charge in [-0.15, -0.1) is 0 Å². The molecule has 1 rings (SSSR count). The Kier molecular flexibility index (Phi) is 15.0. The first-order chi connectivity index (χ1) is 15.8. The Morgan fingerprint density at radius 2 is 2.03 bits per heavy atom. The van der Waals surface area contributed by atoms with E-state index in [0.29, 0.717) is 24.9 Å². The summed E-state index contributed by atoms with van der Waals surface area (Å²) in [6.07, 6.45) is 16.4. The summed E-state index contributed by atoms with van der Waals surface area (Å²) in [6, 6.07) is 0. The standard InChI is InChI=1S/C28H46FN3O/c1-7-13-27(29)15-10-12-19-32(22-26-17-20-31(6)21-26)25(5)30-18-11-9-16-28(14-8-2)33-23-24(3)4/h8-10,13-16,24,26,30H,2,5,7,11-12,17-23H2,1,3-4,6H3/b15-10-,16-9-,27-13+,28-14+/t26-/m0/s1. The largest absolute Gasteiger partial charge is 0.493 e. The third-order valence-corrected chi connectivity index (χ3v) is 5.38. The summed E-state index contributed by atoms with van der Waals surface area (Å²) in [5.41, 5.74) is 0. The van der Waals surface area contributed by atoms with E-state index in [0.717, 1.165) is 57.1 Å². The van der Waals surface area contributed by atoms with Crippen LogP contribution in [0.5, 0.6) is 0 Å². The molecule has 1 heterocycles. The summed E-state index contributed by atoms with van der Waals surface area (Å²) >= 11 is 0. The van der Waals surface area contributed by atoms with Gasteiger partial charge in [0.2, 0.25) is 0 Å². The van der Waals surface area contributed by atoms with Crippen LogP contribution < -0.4 is 5.32 Å². The van der Waals surface area contributed by atoms with Gasteiger partial charge >= 0.3 is 0 Å². The Morgan fingerprint density at radius 1 is 1.27 bits per heavy atom. The molecule has 0 unspecified atom stereocenters. The van der Waals surface area contributed by atoms with Gasteiger partial charge in [0.15, 0.2) is 0 Å². The Hall–Kier alpha value is -2.27. The molecule has 0 radical (unpaired) electrons. The predicted molar refractivity (Wildman–Crippen MR) is 140 cm³/mol. The van der Waals surface area contributed by atoms with Gasteiger partial charge < -0.3 is 19.9 Å². The molecule has 5 heteroatoms. The number of nitrogens with one attached hydrogen (secondary N) is 1. The van der Waals surface area contributed by atoms with Crippen molar-refractivity contribution in [3.05, 3.63) is 73.1 Å². The van der Waals surface area contributed by atoms with Crippen LogP contribution in [0.25, 0.3) is 0 Å². The van der Waals surface area contributed by atoms with Gasteiger partial charge in [-0.25, -0.2) is 4.39 Å². The lowest BCUT2D eigenvalue weighted by atomic mass is 10.1. The third kappa shape index (κ3) is 13.8. The topological polar surface area (TPSA) is 27.7 Å². The first-order valence-electron chi connectivity index (χ1n) is 12.4. The summed E-state index contributed by atoms with van der Waals surface area (Å²) in [5, 5.41) is 3.47. The van der Waals surface area contributed by atoms with Gasteiger partial charge in [-0.2, -0.15) is 0 Å². The van der Waals surface area contributed by atoms with Crippen molar-refractivity contribution in [1.29, 1.82) is 0 Å². The number of nitrogens with zero attached hydrogens (tertiary/aromatic N) is 2. The maximum absolute atomic E-state index is 13.6. The van der Waals surface area contributed by atoms with E-state index in [4.69, 9.17) is 4.74 Å². The maximum Gasteiger partial charge on any atom is 0.118 e. The first-order valence-corrected chi connectivity index (χ1v) is 12.4. The van der Waals surface area contributed by atoms with E-state index in [1.807, 2.05) is 25.2 Å². The lowest BCUT2D eigenvalue weighted by Gasteiger charge is -2.29. The minimum Gasteiger partial charge on any atom is -0.493 e. The van der Waals surface area contributed by atoms with Gasteiger partial charge in [-0.3, -0.25) is 0 Å². The Balaban J connectivity index is 2.55. The monoisotopic (exact) mass is 459 g/mol. The number of hydrogen-bond donors (Lipinski definition) is 1. The Labute approximate surface area is 202 Å². The van der Waals surface area contributed by atoms with Crippen LogP contribution in [0, 0.1) is 11.8 Å². The smallest absolute Gasteiger partial charge is 0.118 e. The summed E-state index contributed by atoms with van der Waals surface area (Å²) < 4.78 is 19.4. The van der Waals surface area contributed by atoms with Crippen molar-refractivity contribution in [2.45, 2.75) is 46.5 Å². The molecule has 0 spiro atoms. The predicted octanol–water partition coefficient (Wildman–Crippen LogP) is 6.20. The van der Waals surface area contributed by atoms with E-state index < -0.39 is 0 Å². The Bertz CT molecular complexity index is 693. The first kappa shape index (κ1) is 28.8. The highest BCUT2D eigenvalue weighted by molar-refractivity contribution is 5.17. The van der Waals surface area contributed by atoms with Gasteiger partial charge in [0.1, 0.15) is 11.6 Å². The quantitative estimate of drug-likeness (QED) is 0.159. The molecule has 0 aliphatic carbocycles. The zero-order valence-electron chi connectivity index (χ0n) is 21.4. The summed E-state index contributed by atoms with van der Waals surface area (Å²) in [6.45, 7) is 19.8. The van der Waals surface area contributed by atoms with Crippen LogP contribution >= 0.6 is 0 Å². The molecular formula is C28H46FN3O. The highest BCUT2D eigenvalue weighted by Gasteiger charge is 2.22. The van der Waals surface area contributed by atoms with Crippen LogP contribution in [0.15, 0.2) is 73.1 Å². The van der Waals surface area contributed by atoms with Crippen molar-refractivity contribution in [2.24, 2.45) is 11.8 Å². The van der Waals surface area contributed by atoms with Gasteiger partial charge in [0, 0.05) is 26.2 Å². The molecule has 186 valence electrons. The van der Waals surface area contributed by atoms with Crippen molar-refractivity contribution < 1.29 is 9.13 Å². The molecule has 0 bridgehead atoms. The lowest BCUT2D eigenvalue weighted by Crippen LogP contribution is -2.36. The molecule has 1 atom stereocenters.